The minimum Gasteiger partial charge on any atom is -0.335 e. The van der Waals surface area contributed by atoms with Gasteiger partial charge in [0.1, 0.15) is 5.82 Å². The van der Waals surface area contributed by atoms with Crippen molar-refractivity contribution in [2.75, 3.05) is 7.05 Å². The summed E-state index contributed by atoms with van der Waals surface area (Å²) in [7, 11) is 1.66. The first-order valence-corrected chi connectivity index (χ1v) is 8.52. The predicted octanol–water partition coefficient (Wildman–Crippen LogP) is 4.26. The smallest absolute Gasteiger partial charge is 0.255 e. The number of hydrogen-bond donors (Lipinski definition) is 1. The Balaban J connectivity index is 1.99. The molecular weight excluding hydrogens is 387 g/mol. The number of aromatic amines is 1. The number of fused-ring (bicyclic) bond motifs is 1. The first-order chi connectivity index (χ1) is 11.9. The molecule has 3 rings (SSSR count). The van der Waals surface area contributed by atoms with Crippen LogP contribution in [-0.2, 0) is 0 Å². The van der Waals surface area contributed by atoms with Crippen LogP contribution in [-0.4, -0.2) is 22.8 Å². The molecule has 1 amide bonds. The number of carbonyl (C=O) groups is 1. The highest BCUT2D eigenvalue weighted by atomic mass is 79.9. The number of carbonyl (C=O) groups excluding carboxylic acids is 1. The largest absolute Gasteiger partial charge is 0.335 e. The normalized spacial score (nSPS) is 12.2. The van der Waals surface area contributed by atoms with E-state index in [4.69, 9.17) is 0 Å². The fraction of sp³-hybridized carbons (Fsp3) is 0.158. The molecule has 0 saturated carbocycles. The molecule has 6 heteroatoms. The van der Waals surface area contributed by atoms with Gasteiger partial charge in [-0.2, -0.15) is 0 Å². The average molecular weight is 403 g/mol. The van der Waals surface area contributed by atoms with Gasteiger partial charge in [0.25, 0.3) is 11.5 Å². The molecule has 1 N–H and O–H groups in total. The standard InChI is InChI=1S/C19H16BrFN2O2/c1-11(15-10-22-18(24)14-6-4-3-5-13(14)15)23(2)19(25)12-7-8-16(20)17(21)9-12/h3-11H,1-2H3,(H,22,24)/t11-/m1/s1. The van der Waals surface area contributed by atoms with Crippen LogP contribution in [0.4, 0.5) is 4.39 Å². The highest BCUT2D eigenvalue weighted by Crippen LogP contribution is 2.26. The molecule has 3 aromatic rings. The van der Waals surface area contributed by atoms with Gasteiger partial charge in [-0.05, 0) is 58.1 Å². The van der Waals surface area contributed by atoms with E-state index in [1.54, 1.807) is 31.4 Å². The molecule has 1 aromatic heterocycles. The lowest BCUT2D eigenvalue weighted by atomic mass is 10.0. The van der Waals surface area contributed by atoms with Crippen molar-refractivity contribution in [1.29, 1.82) is 0 Å². The lowest BCUT2D eigenvalue weighted by Crippen LogP contribution is -2.30. The third-order valence-electron chi connectivity index (χ3n) is 4.36. The quantitative estimate of drug-likeness (QED) is 0.711. The molecule has 0 radical (unpaired) electrons. The van der Waals surface area contributed by atoms with Gasteiger partial charge in [0, 0.05) is 24.2 Å². The zero-order chi connectivity index (χ0) is 18.1. The second kappa shape index (κ2) is 6.80. The van der Waals surface area contributed by atoms with E-state index in [0.717, 1.165) is 10.9 Å². The average Bonchev–Trinajstić information content (AvgIpc) is 2.63. The van der Waals surface area contributed by atoms with Crippen molar-refractivity contribution < 1.29 is 9.18 Å². The van der Waals surface area contributed by atoms with E-state index in [2.05, 4.69) is 20.9 Å². The van der Waals surface area contributed by atoms with Crippen LogP contribution < -0.4 is 5.56 Å². The Morgan fingerprint density at radius 1 is 1.20 bits per heavy atom. The molecule has 4 nitrogen and oxygen atoms in total. The van der Waals surface area contributed by atoms with Crippen molar-refractivity contribution in [3.63, 3.8) is 0 Å². The molecule has 2 aromatic carbocycles. The number of H-pyrrole nitrogens is 1. The van der Waals surface area contributed by atoms with Crippen LogP contribution in [0.25, 0.3) is 10.8 Å². The Kier molecular flexibility index (Phi) is 4.72. The molecule has 25 heavy (non-hydrogen) atoms. The van der Waals surface area contributed by atoms with Crippen LogP contribution >= 0.6 is 15.9 Å². The Morgan fingerprint density at radius 3 is 2.56 bits per heavy atom. The van der Waals surface area contributed by atoms with Crippen LogP contribution in [0.15, 0.2) is 57.9 Å². The molecule has 0 aliphatic rings. The van der Waals surface area contributed by atoms with Crippen LogP contribution in [0.1, 0.15) is 28.9 Å². The number of amides is 1. The zero-order valence-electron chi connectivity index (χ0n) is 13.7. The van der Waals surface area contributed by atoms with Crippen molar-refractivity contribution in [1.82, 2.24) is 9.88 Å². The second-order valence-corrected chi connectivity index (χ2v) is 6.69. The molecule has 0 aliphatic heterocycles. The fourth-order valence-electron chi connectivity index (χ4n) is 2.79. The van der Waals surface area contributed by atoms with Crippen molar-refractivity contribution >= 4 is 32.6 Å². The summed E-state index contributed by atoms with van der Waals surface area (Å²) in [5, 5.41) is 1.36. The second-order valence-electron chi connectivity index (χ2n) is 5.84. The summed E-state index contributed by atoms with van der Waals surface area (Å²) in [6.07, 6.45) is 1.63. The first kappa shape index (κ1) is 17.4. The summed E-state index contributed by atoms with van der Waals surface area (Å²) in [5.74, 6) is -0.782. The Bertz CT molecular complexity index is 1020. The van der Waals surface area contributed by atoms with Crippen LogP contribution in [0.5, 0.6) is 0 Å². The summed E-state index contributed by atoms with van der Waals surface area (Å²) in [5.41, 5.74) is 0.919. The van der Waals surface area contributed by atoms with Gasteiger partial charge in [0.05, 0.1) is 10.5 Å². The zero-order valence-corrected chi connectivity index (χ0v) is 15.3. The molecule has 0 bridgehead atoms. The monoisotopic (exact) mass is 402 g/mol. The highest BCUT2D eigenvalue weighted by molar-refractivity contribution is 9.10. The van der Waals surface area contributed by atoms with Crippen molar-refractivity contribution in [3.8, 4) is 0 Å². The summed E-state index contributed by atoms with van der Waals surface area (Å²) in [4.78, 5) is 28.9. The van der Waals surface area contributed by atoms with Gasteiger partial charge in [-0.15, -0.1) is 0 Å². The number of nitrogens with zero attached hydrogens (tertiary/aromatic N) is 1. The molecule has 0 fully saturated rings. The molecule has 1 atom stereocenters. The lowest BCUT2D eigenvalue weighted by molar-refractivity contribution is 0.0743. The number of hydrogen-bond acceptors (Lipinski definition) is 2. The van der Waals surface area contributed by atoms with Gasteiger partial charge >= 0.3 is 0 Å². The predicted molar refractivity (Wildman–Crippen MR) is 99.2 cm³/mol. The molecule has 0 unspecified atom stereocenters. The van der Waals surface area contributed by atoms with Gasteiger partial charge in [-0.3, -0.25) is 9.59 Å². The fourth-order valence-corrected chi connectivity index (χ4v) is 3.04. The number of aromatic nitrogens is 1. The third-order valence-corrected chi connectivity index (χ3v) is 5.00. The Hall–Kier alpha value is -2.47. The SMILES string of the molecule is C[C@H](c1c[nH]c(=O)c2ccccc12)N(C)C(=O)c1ccc(Br)c(F)c1. The van der Waals surface area contributed by atoms with E-state index < -0.39 is 5.82 Å². The summed E-state index contributed by atoms with van der Waals surface area (Å²) in [6, 6.07) is 11.2. The van der Waals surface area contributed by atoms with E-state index in [9.17, 15) is 14.0 Å². The third kappa shape index (κ3) is 3.22. The van der Waals surface area contributed by atoms with Gasteiger partial charge in [-0.1, -0.05) is 18.2 Å². The maximum atomic E-state index is 13.7. The van der Waals surface area contributed by atoms with E-state index in [-0.39, 0.29) is 23.1 Å². The highest BCUT2D eigenvalue weighted by Gasteiger charge is 2.21. The number of rotatable bonds is 3. The minimum absolute atomic E-state index is 0.171. The van der Waals surface area contributed by atoms with Gasteiger partial charge in [-0.25, -0.2) is 4.39 Å². The van der Waals surface area contributed by atoms with Gasteiger partial charge in [0.2, 0.25) is 0 Å². The number of pyridine rings is 1. The van der Waals surface area contributed by atoms with E-state index in [1.807, 2.05) is 19.1 Å². The summed E-state index contributed by atoms with van der Waals surface area (Å²) < 4.78 is 14.0. The molecule has 0 aliphatic carbocycles. The summed E-state index contributed by atoms with van der Waals surface area (Å²) in [6.45, 7) is 1.87. The van der Waals surface area contributed by atoms with Crippen molar-refractivity contribution in [3.05, 3.63) is 80.4 Å². The van der Waals surface area contributed by atoms with Crippen molar-refractivity contribution in [2.24, 2.45) is 0 Å². The van der Waals surface area contributed by atoms with Crippen LogP contribution in [0.2, 0.25) is 0 Å². The van der Waals surface area contributed by atoms with Gasteiger partial charge < -0.3 is 9.88 Å². The minimum atomic E-state index is -0.485. The maximum absolute atomic E-state index is 13.7. The topological polar surface area (TPSA) is 53.2 Å². The van der Waals surface area contributed by atoms with Crippen LogP contribution in [0.3, 0.4) is 0 Å². The van der Waals surface area contributed by atoms with E-state index >= 15 is 0 Å². The lowest BCUT2D eigenvalue weighted by Gasteiger charge is -2.26. The molecule has 0 saturated heterocycles. The Morgan fingerprint density at radius 2 is 1.88 bits per heavy atom. The number of halogens is 2. The van der Waals surface area contributed by atoms with Crippen molar-refractivity contribution in [2.45, 2.75) is 13.0 Å². The molecule has 0 spiro atoms. The first-order valence-electron chi connectivity index (χ1n) is 7.72. The molecule has 128 valence electrons. The Labute approximate surface area is 152 Å². The maximum Gasteiger partial charge on any atom is 0.255 e. The summed E-state index contributed by atoms with van der Waals surface area (Å²) >= 11 is 3.08. The van der Waals surface area contributed by atoms with E-state index in [1.165, 1.54) is 17.0 Å². The molecule has 1 heterocycles. The number of nitrogens with one attached hydrogen (secondary N) is 1. The molecular formula is C19H16BrFN2O2. The van der Waals surface area contributed by atoms with Gasteiger partial charge in [0.15, 0.2) is 0 Å². The van der Waals surface area contributed by atoms with E-state index in [0.29, 0.717) is 9.86 Å². The van der Waals surface area contributed by atoms with Crippen LogP contribution in [0, 0.1) is 5.82 Å². The number of benzene rings is 2.